The van der Waals surface area contributed by atoms with Gasteiger partial charge in [-0.1, -0.05) is 50.1 Å². The van der Waals surface area contributed by atoms with Crippen LogP contribution in [0.3, 0.4) is 0 Å². The molecule has 1 aliphatic rings. The molecule has 8 nitrogen and oxygen atoms in total. The molecule has 1 amide bonds. The third-order valence-corrected chi connectivity index (χ3v) is 5.79. The minimum absolute atomic E-state index is 0.179. The van der Waals surface area contributed by atoms with Crippen molar-refractivity contribution in [1.29, 1.82) is 0 Å². The van der Waals surface area contributed by atoms with Crippen LogP contribution in [0, 0.1) is 5.92 Å². The number of aromatic nitrogens is 3. The lowest BCUT2D eigenvalue weighted by Crippen LogP contribution is -2.25. The van der Waals surface area contributed by atoms with E-state index in [2.05, 4.69) is 15.1 Å². The third kappa shape index (κ3) is 7.14. The average Bonchev–Trinajstić information content (AvgIpc) is 3.23. The van der Waals surface area contributed by atoms with E-state index < -0.39 is 11.5 Å². The lowest BCUT2D eigenvalue weighted by molar-refractivity contribution is -0.155. The summed E-state index contributed by atoms with van der Waals surface area (Å²) in [5, 5.41) is 4.03. The fourth-order valence-corrected chi connectivity index (χ4v) is 4.24. The van der Waals surface area contributed by atoms with Crippen molar-refractivity contribution < 1.29 is 18.8 Å². The molecular weight excluding hydrogens is 408 g/mol. The van der Waals surface area contributed by atoms with Gasteiger partial charge in [0.15, 0.2) is 0 Å². The van der Waals surface area contributed by atoms with Gasteiger partial charge < -0.3 is 15.0 Å². The second-order valence-electron chi connectivity index (χ2n) is 9.67. The summed E-state index contributed by atoms with van der Waals surface area (Å²) in [5.41, 5.74) is 5.52. The number of ether oxygens (including phenoxy) is 1. The summed E-state index contributed by atoms with van der Waals surface area (Å²) in [6.45, 7) is 5.56. The van der Waals surface area contributed by atoms with Crippen molar-refractivity contribution in [3.05, 3.63) is 29.8 Å². The van der Waals surface area contributed by atoms with Crippen LogP contribution in [-0.4, -0.2) is 32.6 Å². The highest BCUT2D eigenvalue weighted by atomic mass is 16.6. The molecule has 32 heavy (non-hydrogen) atoms. The topological polar surface area (TPSA) is 121 Å². The van der Waals surface area contributed by atoms with Crippen molar-refractivity contribution in [3.8, 4) is 11.5 Å². The SMILES string of the molecule is CC(C)(C)OC(=O)C[C@H](CCCC1CCCCC1)c1nc(-c2cc(C(N)=O)ccn2)no1. The van der Waals surface area contributed by atoms with E-state index >= 15 is 0 Å². The van der Waals surface area contributed by atoms with Crippen molar-refractivity contribution in [2.75, 3.05) is 0 Å². The van der Waals surface area contributed by atoms with Crippen LogP contribution in [0.2, 0.25) is 0 Å². The van der Waals surface area contributed by atoms with Crippen LogP contribution in [0.25, 0.3) is 11.5 Å². The molecule has 3 rings (SSSR count). The van der Waals surface area contributed by atoms with E-state index in [9.17, 15) is 9.59 Å². The maximum Gasteiger partial charge on any atom is 0.307 e. The van der Waals surface area contributed by atoms with Crippen molar-refractivity contribution >= 4 is 11.9 Å². The lowest BCUT2D eigenvalue weighted by atomic mass is 9.84. The lowest BCUT2D eigenvalue weighted by Gasteiger charge is -2.23. The zero-order chi connectivity index (χ0) is 23.1. The molecule has 2 heterocycles. The Kier molecular flexibility index (Phi) is 7.99. The molecule has 1 atom stereocenters. The fraction of sp³-hybridized carbons (Fsp3) is 0.625. The first-order valence-corrected chi connectivity index (χ1v) is 11.5. The van der Waals surface area contributed by atoms with Gasteiger partial charge in [0.25, 0.3) is 0 Å². The number of amides is 1. The Labute approximate surface area is 189 Å². The summed E-state index contributed by atoms with van der Waals surface area (Å²) in [5.74, 6) is 0.362. The standard InChI is InChI=1S/C24H34N4O4/c1-24(2,3)31-20(29)15-18(11-7-10-16-8-5-4-6-9-16)23-27-22(28-32-23)19-14-17(21(25)30)12-13-26-19/h12-14,16,18H,4-11,15H2,1-3H3,(H2,25,30)/t18-/m0/s1. The van der Waals surface area contributed by atoms with Crippen LogP contribution in [0.1, 0.15) is 101 Å². The molecule has 2 N–H and O–H groups in total. The van der Waals surface area contributed by atoms with E-state index in [0.29, 0.717) is 17.1 Å². The van der Waals surface area contributed by atoms with Crippen molar-refractivity contribution in [2.24, 2.45) is 11.7 Å². The van der Waals surface area contributed by atoms with E-state index in [-0.39, 0.29) is 24.1 Å². The van der Waals surface area contributed by atoms with Crippen LogP contribution in [0.4, 0.5) is 0 Å². The monoisotopic (exact) mass is 442 g/mol. The second kappa shape index (κ2) is 10.7. The quantitative estimate of drug-likeness (QED) is 0.554. The number of hydrogen-bond donors (Lipinski definition) is 1. The molecule has 2 aromatic rings. The van der Waals surface area contributed by atoms with E-state index in [1.54, 1.807) is 0 Å². The number of esters is 1. The Balaban J connectivity index is 1.72. The molecule has 0 saturated heterocycles. The molecule has 1 fully saturated rings. The highest BCUT2D eigenvalue weighted by Crippen LogP contribution is 2.32. The molecule has 0 unspecified atom stereocenters. The van der Waals surface area contributed by atoms with Gasteiger partial charge in [0, 0.05) is 17.7 Å². The summed E-state index contributed by atoms with van der Waals surface area (Å²) >= 11 is 0. The normalized spacial score (nSPS) is 16.0. The number of rotatable bonds is 9. The van der Waals surface area contributed by atoms with Gasteiger partial charge in [-0.25, -0.2) is 0 Å². The van der Waals surface area contributed by atoms with Gasteiger partial charge in [-0.15, -0.1) is 0 Å². The summed E-state index contributed by atoms with van der Waals surface area (Å²) < 4.78 is 11.1. The molecule has 0 aliphatic heterocycles. The van der Waals surface area contributed by atoms with Gasteiger partial charge in [-0.3, -0.25) is 14.6 Å². The van der Waals surface area contributed by atoms with E-state index in [1.807, 2.05) is 20.8 Å². The zero-order valence-corrected chi connectivity index (χ0v) is 19.3. The van der Waals surface area contributed by atoms with Crippen LogP contribution in [-0.2, 0) is 9.53 Å². The van der Waals surface area contributed by atoms with Crippen molar-refractivity contribution in [2.45, 2.75) is 90.1 Å². The third-order valence-electron chi connectivity index (χ3n) is 5.79. The number of primary amides is 1. The maximum absolute atomic E-state index is 12.5. The maximum atomic E-state index is 12.5. The minimum atomic E-state index is -0.553. The number of nitrogens with zero attached hydrogens (tertiary/aromatic N) is 3. The summed E-state index contributed by atoms with van der Waals surface area (Å²) in [6, 6.07) is 3.06. The van der Waals surface area contributed by atoms with Gasteiger partial charge >= 0.3 is 5.97 Å². The summed E-state index contributed by atoms with van der Waals surface area (Å²) in [6.07, 6.45) is 11.1. The van der Waals surface area contributed by atoms with Crippen molar-refractivity contribution in [3.63, 3.8) is 0 Å². The summed E-state index contributed by atoms with van der Waals surface area (Å²) in [4.78, 5) is 32.7. The van der Waals surface area contributed by atoms with E-state index in [4.69, 9.17) is 15.0 Å². The predicted octanol–water partition coefficient (Wildman–Crippen LogP) is 4.80. The first-order valence-electron chi connectivity index (χ1n) is 11.5. The summed E-state index contributed by atoms with van der Waals surface area (Å²) in [7, 11) is 0. The number of pyridine rings is 1. The molecule has 8 heteroatoms. The van der Waals surface area contributed by atoms with E-state index in [0.717, 1.165) is 25.2 Å². The van der Waals surface area contributed by atoms with Gasteiger partial charge in [0.05, 0.1) is 6.42 Å². The molecule has 174 valence electrons. The predicted molar refractivity (Wildman–Crippen MR) is 120 cm³/mol. The molecule has 0 spiro atoms. The van der Waals surface area contributed by atoms with Gasteiger partial charge in [-0.05, 0) is 45.2 Å². The first-order chi connectivity index (χ1) is 15.2. The molecule has 2 aromatic heterocycles. The van der Waals surface area contributed by atoms with Gasteiger partial charge in [-0.2, -0.15) is 4.98 Å². The van der Waals surface area contributed by atoms with Gasteiger partial charge in [0.1, 0.15) is 11.3 Å². The number of carbonyl (C=O) groups is 2. The van der Waals surface area contributed by atoms with Crippen molar-refractivity contribution in [1.82, 2.24) is 15.1 Å². The Morgan fingerprint density at radius 1 is 1.25 bits per heavy atom. The molecular formula is C24H34N4O4. The average molecular weight is 443 g/mol. The first kappa shape index (κ1) is 23.9. The molecule has 1 saturated carbocycles. The highest BCUT2D eigenvalue weighted by Gasteiger charge is 2.27. The van der Waals surface area contributed by atoms with Crippen LogP contribution in [0.15, 0.2) is 22.9 Å². The van der Waals surface area contributed by atoms with Crippen LogP contribution < -0.4 is 5.73 Å². The smallest absolute Gasteiger partial charge is 0.307 e. The number of nitrogens with two attached hydrogens (primary N) is 1. The largest absolute Gasteiger partial charge is 0.460 e. The van der Waals surface area contributed by atoms with E-state index in [1.165, 1.54) is 50.4 Å². The Bertz CT molecular complexity index is 913. The zero-order valence-electron chi connectivity index (χ0n) is 19.3. The van der Waals surface area contributed by atoms with Crippen LogP contribution >= 0.6 is 0 Å². The fourth-order valence-electron chi connectivity index (χ4n) is 4.24. The number of carbonyl (C=O) groups excluding carboxylic acids is 2. The Morgan fingerprint density at radius 3 is 2.69 bits per heavy atom. The molecule has 0 radical (unpaired) electrons. The number of hydrogen-bond acceptors (Lipinski definition) is 7. The van der Waals surface area contributed by atoms with Crippen LogP contribution in [0.5, 0.6) is 0 Å². The second-order valence-corrected chi connectivity index (χ2v) is 9.67. The molecule has 1 aliphatic carbocycles. The molecule has 0 aromatic carbocycles. The minimum Gasteiger partial charge on any atom is -0.460 e. The Morgan fingerprint density at radius 2 is 2.00 bits per heavy atom. The molecule has 0 bridgehead atoms. The highest BCUT2D eigenvalue weighted by molar-refractivity contribution is 5.93. The van der Waals surface area contributed by atoms with Gasteiger partial charge in [0.2, 0.25) is 17.6 Å². The Hall–Kier alpha value is -2.77.